The molecule has 2 fully saturated rings. The number of hydrogen-bond donors (Lipinski definition) is 1. The second kappa shape index (κ2) is 12.1. The first kappa shape index (κ1) is 25.1. The van der Waals surface area contributed by atoms with Crippen molar-refractivity contribution in [3.8, 4) is 5.75 Å². The quantitative estimate of drug-likeness (QED) is 0.484. The van der Waals surface area contributed by atoms with Gasteiger partial charge in [0, 0.05) is 57.2 Å². The number of nitrogens with zero attached hydrogens (tertiary/aromatic N) is 3. The van der Waals surface area contributed by atoms with Gasteiger partial charge in [-0.2, -0.15) is 0 Å². The van der Waals surface area contributed by atoms with Crippen molar-refractivity contribution < 1.29 is 14.3 Å². The molecule has 3 aromatic rings. The molecule has 0 radical (unpaired) electrons. The predicted octanol–water partition coefficient (Wildman–Crippen LogP) is 3.67. The van der Waals surface area contributed by atoms with Crippen LogP contribution in [0.2, 0.25) is 0 Å². The average Bonchev–Trinajstić information content (AvgIpc) is 2.95. The van der Waals surface area contributed by atoms with Gasteiger partial charge in [-0.15, -0.1) is 0 Å². The fourth-order valence-corrected chi connectivity index (χ4v) is 4.97. The van der Waals surface area contributed by atoms with Crippen molar-refractivity contribution in [3.05, 3.63) is 89.5 Å². The minimum Gasteiger partial charge on any atom is -0.497 e. The van der Waals surface area contributed by atoms with Crippen LogP contribution >= 0.6 is 0 Å². The molecule has 3 aromatic carbocycles. The first-order valence-electron chi connectivity index (χ1n) is 13.0. The summed E-state index contributed by atoms with van der Waals surface area (Å²) in [5, 5.41) is 3.14. The van der Waals surface area contributed by atoms with Crippen molar-refractivity contribution in [3.63, 3.8) is 0 Å². The summed E-state index contributed by atoms with van der Waals surface area (Å²) in [6.45, 7) is 7.62. The van der Waals surface area contributed by atoms with Gasteiger partial charge in [0.15, 0.2) is 0 Å². The van der Waals surface area contributed by atoms with E-state index in [4.69, 9.17) is 9.47 Å². The van der Waals surface area contributed by atoms with Gasteiger partial charge in [0.05, 0.1) is 26.9 Å². The van der Waals surface area contributed by atoms with Gasteiger partial charge in [-0.05, 0) is 53.1 Å². The smallest absolute Gasteiger partial charge is 0.236 e. The van der Waals surface area contributed by atoms with E-state index < -0.39 is 0 Å². The van der Waals surface area contributed by atoms with Gasteiger partial charge >= 0.3 is 0 Å². The van der Waals surface area contributed by atoms with Crippen molar-refractivity contribution in [2.45, 2.75) is 19.6 Å². The lowest BCUT2D eigenvalue weighted by molar-refractivity contribution is -0.132. The van der Waals surface area contributed by atoms with E-state index in [1.807, 2.05) is 17.0 Å². The number of ether oxygens (including phenoxy) is 2. The van der Waals surface area contributed by atoms with E-state index in [0.717, 1.165) is 69.5 Å². The SMILES string of the molecule is COc1cccc(CN(Cc2cccc(N3CCOCC3)c2)c2ccc(CN3CCNCC3=O)cc2)c1. The molecule has 2 aliphatic rings. The summed E-state index contributed by atoms with van der Waals surface area (Å²) in [6, 6.07) is 25.7. The number of piperazine rings is 1. The zero-order valence-corrected chi connectivity index (χ0v) is 21.6. The third-order valence-electron chi connectivity index (χ3n) is 7.03. The van der Waals surface area contributed by atoms with Crippen molar-refractivity contribution in [1.82, 2.24) is 10.2 Å². The number of carbonyl (C=O) groups excluding carboxylic acids is 1. The lowest BCUT2D eigenvalue weighted by atomic mass is 10.1. The maximum Gasteiger partial charge on any atom is 0.236 e. The Hall–Kier alpha value is -3.55. The Morgan fingerprint density at radius 2 is 1.62 bits per heavy atom. The minimum atomic E-state index is 0.162. The topological polar surface area (TPSA) is 57.3 Å². The van der Waals surface area contributed by atoms with E-state index in [2.05, 4.69) is 75.8 Å². The van der Waals surface area contributed by atoms with Gasteiger partial charge in [-0.25, -0.2) is 0 Å². The molecule has 0 aromatic heterocycles. The fourth-order valence-electron chi connectivity index (χ4n) is 4.97. The van der Waals surface area contributed by atoms with E-state index in [1.54, 1.807) is 7.11 Å². The van der Waals surface area contributed by atoms with Gasteiger partial charge in [-0.1, -0.05) is 36.4 Å². The van der Waals surface area contributed by atoms with E-state index in [9.17, 15) is 4.79 Å². The van der Waals surface area contributed by atoms with Gasteiger partial charge in [0.1, 0.15) is 5.75 Å². The minimum absolute atomic E-state index is 0.162. The number of anilines is 2. The number of amides is 1. The highest BCUT2D eigenvalue weighted by molar-refractivity contribution is 5.79. The molecule has 0 atom stereocenters. The van der Waals surface area contributed by atoms with Crippen LogP contribution < -0.4 is 19.9 Å². The molecule has 7 nitrogen and oxygen atoms in total. The monoisotopic (exact) mass is 500 g/mol. The highest BCUT2D eigenvalue weighted by atomic mass is 16.5. The zero-order chi connectivity index (χ0) is 25.5. The highest BCUT2D eigenvalue weighted by Gasteiger charge is 2.18. The highest BCUT2D eigenvalue weighted by Crippen LogP contribution is 2.25. The van der Waals surface area contributed by atoms with E-state index >= 15 is 0 Å². The third-order valence-corrected chi connectivity index (χ3v) is 7.03. The Balaban J connectivity index is 1.36. The molecule has 0 spiro atoms. The van der Waals surface area contributed by atoms with Crippen molar-refractivity contribution >= 4 is 17.3 Å². The maximum absolute atomic E-state index is 12.2. The number of morpholine rings is 1. The second-order valence-corrected chi connectivity index (χ2v) is 9.64. The lowest BCUT2D eigenvalue weighted by Gasteiger charge is -2.30. The molecular weight excluding hydrogens is 464 g/mol. The van der Waals surface area contributed by atoms with E-state index in [0.29, 0.717) is 13.1 Å². The van der Waals surface area contributed by atoms with E-state index in [-0.39, 0.29) is 5.91 Å². The van der Waals surface area contributed by atoms with Gasteiger partial charge < -0.3 is 29.5 Å². The van der Waals surface area contributed by atoms with Crippen molar-refractivity contribution in [1.29, 1.82) is 0 Å². The molecule has 37 heavy (non-hydrogen) atoms. The van der Waals surface area contributed by atoms with Crippen LogP contribution in [0, 0.1) is 0 Å². The van der Waals surface area contributed by atoms with Crippen LogP contribution in [0.4, 0.5) is 11.4 Å². The summed E-state index contributed by atoms with van der Waals surface area (Å²) in [7, 11) is 1.70. The molecule has 2 aliphatic heterocycles. The summed E-state index contributed by atoms with van der Waals surface area (Å²) in [5.41, 5.74) is 6.00. The molecule has 5 rings (SSSR count). The Bertz CT molecular complexity index is 1180. The van der Waals surface area contributed by atoms with Crippen molar-refractivity contribution in [2.75, 3.05) is 62.8 Å². The number of rotatable bonds is 9. The average molecular weight is 501 g/mol. The first-order chi connectivity index (χ1) is 18.2. The summed E-state index contributed by atoms with van der Waals surface area (Å²) in [5.74, 6) is 1.03. The molecule has 0 saturated carbocycles. The maximum atomic E-state index is 12.2. The van der Waals surface area contributed by atoms with Gasteiger partial charge in [0.25, 0.3) is 0 Å². The number of nitrogens with one attached hydrogen (secondary N) is 1. The molecular formula is C30H36N4O3. The molecule has 0 bridgehead atoms. The molecule has 2 saturated heterocycles. The molecule has 0 aliphatic carbocycles. The van der Waals surface area contributed by atoms with Crippen LogP contribution in [-0.2, 0) is 29.2 Å². The lowest BCUT2D eigenvalue weighted by Crippen LogP contribution is -2.47. The molecule has 194 valence electrons. The van der Waals surface area contributed by atoms with Crippen LogP contribution in [-0.4, -0.2) is 63.9 Å². The fraction of sp³-hybridized carbons (Fsp3) is 0.367. The number of hydrogen-bond acceptors (Lipinski definition) is 6. The number of benzene rings is 3. The van der Waals surface area contributed by atoms with Crippen LogP contribution in [0.15, 0.2) is 72.8 Å². The second-order valence-electron chi connectivity index (χ2n) is 9.64. The number of carbonyl (C=O) groups is 1. The molecule has 7 heteroatoms. The van der Waals surface area contributed by atoms with Gasteiger partial charge in [-0.3, -0.25) is 4.79 Å². The Morgan fingerprint density at radius 1 is 0.892 bits per heavy atom. The third kappa shape index (κ3) is 6.61. The molecule has 2 heterocycles. The van der Waals surface area contributed by atoms with Crippen LogP contribution in [0.5, 0.6) is 5.75 Å². The van der Waals surface area contributed by atoms with E-state index in [1.165, 1.54) is 16.8 Å². The van der Waals surface area contributed by atoms with Gasteiger partial charge in [0.2, 0.25) is 5.91 Å². The number of methoxy groups -OCH3 is 1. The van der Waals surface area contributed by atoms with Crippen molar-refractivity contribution in [2.24, 2.45) is 0 Å². The van der Waals surface area contributed by atoms with Crippen LogP contribution in [0.25, 0.3) is 0 Å². The Morgan fingerprint density at radius 3 is 2.35 bits per heavy atom. The van der Waals surface area contributed by atoms with Crippen LogP contribution in [0.1, 0.15) is 16.7 Å². The Kier molecular flexibility index (Phi) is 8.23. The zero-order valence-electron chi connectivity index (χ0n) is 21.6. The molecule has 1 amide bonds. The summed E-state index contributed by atoms with van der Waals surface area (Å²) >= 11 is 0. The summed E-state index contributed by atoms with van der Waals surface area (Å²) in [6.07, 6.45) is 0. The largest absolute Gasteiger partial charge is 0.497 e. The predicted molar refractivity (Wildman–Crippen MR) is 147 cm³/mol. The summed E-state index contributed by atoms with van der Waals surface area (Å²) < 4.78 is 11.0. The molecule has 1 N–H and O–H groups in total. The van der Waals surface area contributed by atoms with Crippen LogP contribution in [0.3, 0.4) is 0 Å². The molecule has 0 unspecified atom stereocenters. The normalized spacial score (nSPS) is 16.1. The Labute approximate surface area is 219 Å². The first-order valence-corrected chi connectivity index (χ1v) is 13.0. The standard InChI is InChI=1S/C30H36N4O3/c1-36-29-7-3-5-26(19-29)23-34(22-25-4-2-6-28(18-25)32-14-16-37-17-15-32)27-10-8-24(9-11-27)21-33-13-12-31-20-30(33)35/h2-11,18-19,31H,12-17,20-23H2,1H3. The summed E-state index contributed by atoms with van der Waals surface area (Å²) in [4.78, 5) is 18.9.